The summed E-state index contributed by atoms with van der Waals surface area (Å²) in [4.78, 5) is 36.3. The summed E-state index contributed by atoms with van der Waals surface area (Å²) >= 11 is 3.26. The van der Waals surface area contributed by atoms with E-state index in [1.165, 1.54) is 7.11 Å². The smallest absolute Gasteiger partial charge is 0.325 e. The van der Waals surface area contributed by atoms with Gasteiger partial charge in [0, 0.05) is 5.33 Å². The van der Waals surface area contributed by atoms with Crippen molar-refractivity contribution in [2.24, 2.45) is 11.7 Å². The van der Waals surface area contributed by atoms with Crippen molar-refractivity contribution in [3.8, 4) is 0 Å². The third-order valence-corrected chi connectivity index (χ3v) is 3.65. The molecule has 0 aliphatic carbocycles. The van der Waals surface area contributed by atoms with Gasteiger partial charge in [-0.2, -0.15) is 0 Å². The van der Waals surface area contributed by atoms with Gasteiger partial charge in [-0.25, -0.2) is 0 Å². The zero-order valence-electron chi connectivity index (χ0n) is 14.3. The van der Waals surface area contributed by atoms with E-state index in [9.17, 15) is 14.4 Å². The number of alkyl halides is 1. The molecule has 134 valence electrons. The molecule has 0 aromatic carbocycles. The lowest BCUT2D eigenvalue weighted by Crippen LogP contribution is -2.52. The van der Waals surface area contributed by atoms with Crippen molar-refractivity contribution in [3.63, 3.8) is 0 Å². The summed E-state index contributed by atoms with van der Waals surface area (Å²) in [6.45, 7) is 5.04. The first-order valence-electron chi connectivity index (χ1n) is 7.24. The number of hydrogen-bond donors (Lipinski definition) is 1. The largest absolute Gasteiger partial charge is 0.468 e. The minimum absolute atomic E-state index is 0.242. The van der Waals surface area contributed by atoms with Crippen LogP contribution in [0, 0.1) is 5.92 Å². The fourth-order valence-corrected chi connectivity index (χ4v) is 2.30. The molecule has 2 atom stereocenters. The van der Waals surface area contributed by atoms with Gasteiger partial charge in [-0.1, -0.05) is 15.9 Å². The second-order valence-electron chi connectivity index (χ2n) is 6.25. The molecule has 0 heterocycles. The van der Waals surface area contributed by atoms with E-state index in [4.69, 9.17) is 15.2 Å². The highest BCUT2D eigenvalue weighted by Crippen LogP contribution is 2.25. The van der Waals surface area contributed by atoms with Crippen LogP contribution in [0.2, 0.25) is 0 Å². The van der Waals surface area contributed by atoms with Crippen LogP contribution >= 0.6 is 15.9 Å². The third-order valence-electron chi connectivity index (χ3n) is 3.09. The zero-order valence-corrected chi connectivity index (χ0v) is 15.9. The lowest BCUT2D eigenvalue weighted by molar-refractivity contribution is -0.169. The molecule has 2 unspecified atom stereocenters. The van der Waals surface area contributed by atoms with Crippen LogP contribution in [0.3, 0.4) is 0 Å². The summed E-state index contributed by atoms with van der Waals surface area (Å²) in [6, 6.07) is 0. The van der Waals surface area contributed by atoms with Gasteiger partial charge >= 0.3 is 17.9 Å². The summed E-state index contributed by atoms with van der Waals surface area (Å²) in [5.74, 6) is -3.55. The van der Waals surface area contributed by atoms with Gasteiger partial charge in [-0.3, -0.25) is 14.4 Å². The van der Waals surface area contributed by atoms with Crippen molar-refractivity contribution in [3.05, 3.63) is 0 Å². The van der Waals surface area contributed by atoms with Crippen molar-refractivity contribution in [2.75, 3.05) is 19.5 Å². The molecule has 0 saturated carbocycles. The van der Waals surface area contributed by atoms with E-state index in [2.05, 4.69) is 20.7 Å². The fraction of sp³-hybridized carbons (Fsp3) is 0.800. The van der Waals surface area contributed by atoms with Gasteiger partial charge < -0.3 is 19.9 Å². The predicted molar refractivity (Wildman–Crippen MR) is 87.9 cm³/mol. The summed E-state index contributed by atoms with van der Waals surface area (Å²) < 4.78 is 14.6. The Labute approximate surface area is 145 Å². The van der Waals surface area contributed by atoms with Crippen molar-refractivity contribution >= 4 is 33.8 Å². The van der Waals surface area contributed by atoms with E-state index in [-0.39, 0.29) is 12.8 Å². The number of hydrogen-bond acceptors (Lipinski definition) is 7. The Balaban J connectivity index is 5.41. The molecule has 0 aliphatic heterocycles. The molecule has 7 nitrogen and oxygen atoms in total. The summed E-state index contributed by atoms with van der Waals surface area (Å²) in [5, 5.41) is 0.623. The molecule has 8 heteroatoms. The fourth-order valence-electron chi connectivity index (χ4n) is 2.02. The minimum atomic E-state index is -1.47. The number of methoxy groups -OCH3 is 2. The second-order valence-corrected chi connectivity index (χ2v) is 7.05. The minimum Gasteiger partial charge on any atom is -0.468 e. The van der Waals surface area contributed by atoms with Crippen molar-refractivity contribution < 1.29 is 28.6 Å². The van der Waals surface area contributed by atoms with E-state index in [1.807, 2.05) is 0 Å². The molecule has 0 rings (SSSR count). The number of halogens is 1. The standard InChI is InChI=1S/C15H26BrNO6/c1-14(2,3)23-12(19)10(11(18)21-4)9-15(17,7-6-8-16)13(20)22-5/h10H,6-9,17H2,1-5H3. The van der Waals surface area contributed by atoms with Crippen molar-refractivity contribution in [2.45, 2.75) is 51.2 Å². The van der Waals surface area contributed by atoms with Crippen LogP contribution in [0.4, 0.5) is 0 Å². The molecular weight excluding hydrogens is 370 g/mol. The van der Waals surface area contributed by atoms with Gasteiger partial charge in [-0.05, 0) is 40.0 Å². The van der Waals surface area contributed by atoms with E-state index in [0.29, 0.717) is 11.8 Å². The number of ether oxygens (including phenoxy) is 3. The van der Waals surface area contributed by atoms with E-state index >= 15 is 0 Å². The van der Waals surface area contributed by atoms with Crippen LogP contribution in [-0.2, 0) is 28.6 Å². The quantitative estimate of drug-likeness (QED) is 0.287. The maximum Gasteiger partial charge on any atom is 0.325 e. The van der Waals surface area contributed by atoms with Gasteiger partial charge in [0.25, 0.3) is 0 Å². The van der Waals surface area contributed by atoms with E-state index in [1.54, 1.807) is 20.8 Å². The molecule has 2 N–H and O–H groups in total. The van der Waals surface area contributed by atoms with Crippen LogP contribution in [0.5, 0.6) is 0 Å². The first-order chi connectivity index (χ1) is 10.5. The van der Waals surface area contributed by atoms with E-state index < -0.39 is 35.0 Å². The maximum atomic E-state index is 12.3. The Morgan fingerprint density at radius 1 is 1.09 bits per heavy atom. The molecule has 0 radical (unpaired) electrons. The highest BCUT2D eigenvalue weighted by atomic mass is 79.9. The number of carbonyl (C=O) groups excluding carboxylic acids is 3. The summed E-state index contributed by atoms with van der Waals surface area (Å²) in [7, 11) is 2.37. The van der Waals surface area contributed by atoms with Crippen LogP contribution < -0.4 is 5.73 Å². The van der Waals surface area contributed by atoms with Crippen LogP contribution in [0.15, 0.2) is 0 Å². The predicted octanol–water partition coefficient (Wildman–Crippen LogP) is 1.55. The van der Waals surface area contributed by atoms with Crippen LogP contribution in [-0.4, -0.2) is 48.6 Å². The topological polar surface area (TPSA) is 105 Å². The Morgan fingerprint density at radius 2 is 1.65 bits per heavy atom. The second kappa shape index (κ2) is 9.22. The highest BCUT2D eigenvalue weighted by molar-refractivity contribution is 9.09. The number of nitrogens with two attached hydrogens (primary N) is 1. The third kappa shape index (κ3) is 7.30. The zero-order chi connectivity index (χ0) is 18.3. The molecule has 0 aliphatic rings. The van der Waals surface area contributed by atoms with Crippen molar-refractivity contribution in [1.29, 1.82) is 0 Å². The first kappa shape index (κ1) is 21.9. The number of esters is 3. The summed E-state index contributed by atoms with van der Waals surface area (Å²) in [5.41, 5.74) is 3.87. The normalized spacial score (nSPS) is 15.3. The van der Waals surface area contributed by atoms with Gasteiger partial charge in [-0.15, -0.1) is 0 Å². The molecule has 0 bridgehead atoms. The lowest BCUT2D eigenvalue weighted by Gasteiger charge is -2.30. The first-order valence-corrected chi connectivity index (χ1v) is 8.37. The molecule has 0 spiro atoms. The maximum absolute atomic E-state index is 12.3. The Hall–Kier alpha value is -1.15. The molecule has 23 heavy (non-hydrogen) atoms. The average molecular weight is 396 g/mol. The Morgan fingerprint density at radius 3 is 2.04 bits per heavy atom. The van der Waals surface area contributed by atoms with Crippen LogP contribution in [0.1, 0.15) is 40.0 Å². The number of rotatable bonds is 8. The van der Waals surface area contributed by atoms with Gasteiger partial charge in [0.2, 0.25) is 0 Å². The Kier molecular flexibility index (Phi) is 8.76. The average Bonchev–Trinajstić information content (AvgIpc) is 2.47. The van der Waals surface area contributed by atoms with Gasteiger partial charge in [0.05, 0.1) is 14.2 Å². The molecular formula is C15H26BrNO6. The van der Waals surface area contributed by atoms with Crippen molar-refractivity contribution in [1.82, 2.24) is 0 Å². The lowest BCUT2D eigenvalue weighted by atomic mass is 9.84. The Bertz CT molecular complexity index is 434. The molecule has 0 saturated heterocycles. The van der Waals surface area contributed by atoms with Crippen LogP contribution in [0.25, 0.3) is 0 Å². The highest BCUT2D eigenvalue weighted by Gasteiger charge is 2.44. The number of carbonyl (C=O) groups is 3. The summed E-state index contributed by atoms with van der Waals surface area (Å²) in [6.07, 6.45) is 0.587. The molecule has 0 amide bonds. The monoisotopic (exact) mass is 395 g/mol. The van der Waals surface area contributed by atoms with E-state index in [0.717, 1.165) is 7.11 Å². The van der Waals surface area contributed by atoms with Gasteiger partial charge in [0.1, 0.15) is 11.1 Å². The van der Waals surface area contributed by atoms with Gasteiger partial charge in [0.15, 0.2) is 5.92 Å². The molecule has 0 aromatic rings. The molecule has 0 fully saturated rings. The SMILES string of the molecule is COC(=O)C(CC(N)(CCCBr)C(=O)OC)C(=O)OC(C)(C)C. The molecule has 0 aromatic heterocycles.